The second-order valence-electron chi connectivity index (χ2n) is 5.11. The maximum atomic E-state index is 12.4. The number of nitriles is 1. The average Bonchev–Trinajstić information content (AvgIpc) is 2.67. The molecule has 2 aliphatic heterocycles. The molecule has 0 aromatic heterocycles. The van der Waals surface area contributed by atoms with E-state index in [9.17, 15) is 8.42 Å². The van der Waals surface area contributed by atoms with Crippen LogP contribution in [0.3, 0.4) is 0 Å². The highest BCUT2D eigenvalue weighted by Crippen LogP contribution is 2.24. The molecule has 2 heterocycles. The van der Waals surface area contributed by atoms with Gasteiger partial charge in [-0.15, -0.1) is 0 Å². The third kappa shape index (κ3) is 2.53. The minimum atomic E-state index is -3.44. The molecule has 2 saturated heterocycles. The minimum absolute atomic E-state index is 0.360. The molecular formula is C12H21N3O2S. The Labute approximate surface area is 109 Å². The van der Waals surface area contributed by atoms with E-state index in [2.05, 4.69) is 4.90 Å². The molecule has 0 aromatic carbocycles. The fourth-order valence-corrected chi connectivity index (χ4v) is 4.63. The third-order valence-corrected chi connectivity index (χ3v) is 6.21. The van der Waals surface area contributed by atoms with Crippen molar-refractivity contribution in [1.29, 1.82) is 5.26 Å². The molecule has 0 radical (unpaired) electrons. The first-order valence-electron chi connectivity index (χ1n) is 6.72. The summed E-state index contributed by atoms with van der Waals surface area (Å²) in [7, 11) is -3.44. The third-order valence-electron chi connectivity index (χ3n) is 4.00. The zero-order valence-corrected chi connectivity index (χ0v) is 11.7. The van der Waals surface area contributed by atoms with Crippen molar-refractivity contribution in [1.82, 2.24) is 9.21 Å². The standard InChI is InChI=1S/C12H21N3O2S/c1-2-12(9-13)18(16,17)15-8-4-7-14-6-3-5-11(14)10-15/h11-12H,2-8,10H2,1H3. The van der Waals surface area contributed by atoms with Crippen LogP contribution in [0.5, 0.6) is 0 Å². The van der Waals surface area contributed by atoms with Gasteiger partial charge < -0.3 is 0 Å². The number of rotatable bonds is 3. The lowest BCUT2D eigenvalue weighted by Crippen LogP contribution is -2.43. The Morgan fingerprint density at radius 3 is 2.72 bits per heavy atom. The molecule has 0 aliphatic carbocycles. The maximum Gasteiger partial charge on any atom is 0.230 e. The van der Waals surface area contributed by atoms with Gasteiger partial charge in [0.1, 0.15) is 0 Å². The first kappa shape index (κ1) is 13.8. The lowest BCUT2D eigenvalue weighted by molar-refractivity contribution is 0.257. The molecule has 0 aromatic rings. The highest BCUT2D eigenvalue weighted by atomic mass is 32.2. The minimum Gasteiger partial charge on any atom is -0.299 e. The molecule has 0 spiro atoms. The zero-order valence-electron chi connectivity index (χ0n) is 10.9. The Bertz CT molecular complexity index is 429. The number of sulfonamides is 1. The van der Waals surface area contributed by atoms with E-state index in [1.54, 1.807) is 11.2 Å². The van der Waals surface area contributed by atoms with E-state index < -0.39 is 15.3 Å². The van der Waals surface area contributed by atoms with Gasteiger partial charge in [0.25, 0.3) is 0 Å². The summed E-state index contributed by atoms with van der Waals surface area (Å²) in [6.07, 6.45) is 3.48. The van der Waals surface area contributed by atoms with Crippen LogP contribution >= 0.6 is 0 Å². The van der Waals surface area contributed by atoms with Crippen LogP contribution in [0.2, 0.25) is 0 Å². The van der Waals surface area contributed by atoms with Crippen molar-refractivity contribution in [2.45, 2.75) is 43.9 Å². The Balaban J connectivity index is 2.15. The second-order valence-corrected chi connectivity index (χ2v) is 7.23. The van der Waals surface area contributed by atoms with Crippen LogP contribution in [-0.4, -0.2) is 55.1 Å². The van der Waals surface area contributed by atoms with Crippen LogP contribution in [0.4, 0.5) is 0 Å². The van der Waals surface area contributed by atoms with Crippen LogP contribution in [-0.2, 0) is 10.0 Å². The van der Waals surface area contributed by atoms with Gasteiger partial charge in [-0.3, -0.25) is 4.90 Å². The van der Waals surface area contributed by atoms with Crippen molar-refractivity contribution in [3.63, 3.8) is 0 Å². The van der Waals surface area contributed by atoms with Gasteiger partial charge in [-0.1, -0.05) is 6.92 Å². The SMILES string of the molecule is CCC(C#N)S(=O)(=O)N1CCCN2CCCC2C1. The van der Waals surface area contributed by atoms with E-state index in [4.69, 9.17) is 5.26 Å². The molecule has 18 heavy (non-hydrogen) atoms. The summed E-state index contributed by atoms with van der Waals surface area (Å²) in [5.41, 5.74) is 0. The van der Waals surface area contributed by atoms with E-state index in [0.29, 0.717) is 25.6 Å². The lowest BCUT2D eigenvalue weighted by atomic mass is 10.2. The molecule has 102 valence electrons. The molecule has 2 aliphatic rings. The number of nitrogens with zero attached hydrogens (tertiary/aromatic N) is 3. The fourth-order valence-electron chi connectivity index (χ4n) is 2.95. The summed E-state index contributed by atoms with van der Waals surface area (Å²) in [5, 5.41) is 8.10. The van der Waals surface area contributed by atoms with E-state index in [-0.39, 0.29) is 0 Å². The summed E-state index contributed by atoms with van der Waals surface area (Å²) in [6, 6.07) is 2.29. The van der Waals surface area contributed by atoms with Crippen LogP contribution in [0.25, 0.3) is 0 Å². The molecule has 0 N–H and O–H groups in total. The molecule has 5 nitrogen and oxygen atoms in total. The molecule has 6 heteroatoms. The fraction of sp³-hybridized carbons (Fsp3) is 0.917. The molecule has 2 unspecified atom stereocenters. The molecule has 0 bridgehead atoms. The molecule has 0 saturated carbocycles. The summed E-state index contributed by atoms with van der Waals surface area (Å²) < 4.78 is 26.3. The quantitative estimate of drug-likeness (QED) is 0.761. The zero-order chi connectivity index (χ0) is 13.2. The van der Waals surface area contributed by atoms with Crippen molar-refractivity contribution in [2.24, 2.45) is 0 Å². The van der Waals surface area contributed by atoms with Gasteiger partial charge in [-0.05, 0) is 38.8 Å². The largest absolute Gasteiger partial charge is 0.299 e. The van der Waals surface area contributed by atoms with Crippen molar-refractivity contribution in [3.05, 3.63) is 0 Å². The second kappa shape index (κ2) is 5.55. The van der Waals surface area contributed by atoms with Crippen LogP contribution in [0.15, 0.2) is 0 Å². The maximum absolute atomic E-state index is 12.4. The molecule has 2 atom stereocenters. The Kier molecular flexibility index (Phi) is 4.25. The van der Waals surface area contributed by atoms with Crippen molar-refractivity contribution in [2.75, 3.05) is 26.2 Å². The highest BCUT2D eigenvalue weighted by Gasteiger charge is 2.36. The van der Waals surface area contributed by atoms with Crippen LogP contribution < -0.4 is 0 Å². The van der Waals surface area contributed by atoms with E-state index in [0.717, 1.165) is 32.4 Å². The molecular weight excluding hydrogens is 250 g/mol. The predicted octanol–water partition coefficient (Wildman–Crippen LogP) is 0.788. The predicted molar refractivity (Wildman–Crippen MR) is 69.4 cm³/mol. The number of hydrogen-bond acceptors (Lipinski definition) is 4. The molecule has 0 amide bonds. The van der Waals surface area contributed by atoms with Crippen LogP contribution in [0.1, 0.15) is 32.6 Å². The molecule has 2 fully saturated rings. The van der Waals surface area contributed by atoms with Gasteiger partial charge in [0.05, 0.1) is 6.07 Å². The van der Waals surface area contributed by atoms with Crippen molar-refractivity contribution < 1.29 is 8.42 Å². The summed E-state index contributed by atoms with van der Waals surface area (Å²) in [6.45, 7) is 4.97. The van der Waals surface area contributed by atoms with Gasteiger partial charge in [-0.25, -0.2) is 8.42 Å². The van der Waals surface area contributed by atoms with E-state index in [1.807, 2.05) is 6.07 Å². The van der Waals surface area contributed by atoms with Gasteiger partial charge in [0, 0.05) is 19.1 Å². The Morgan fingerprint density at radius 2 is 2.06 bits per heavy atom. The lowest BCUT2D eigenvalue weighted by Gasteiger charge is -2.26. The Hall–Kier alpha value is -0.640. The molecule has 2 rings (SSSR count). The first-order chi connectivity index (χ1) is 8.59. The Morgan fingerprint density at radius 1 is 1.33 bits per heavy atom. The van der Waals surface area contributed by atoms with Crippen LogP contribution in [0, 0.1) is 11.3 Å². The van der Waals surface area contributed by atoms with Crippen molar-refractivity contribution in [3.8, 4) is 6.07 Å². The van der Waals surface area contributed by atoms with Gasteiger partial charge in [0.2, 0.25) is 10.0 Å². The van der Waals surface area contributed by atoms with E-state index in [1.165, 1.54) is 0 Å². The normalized spacial score (nSPS) is 28.3. The monoisotopic (exact) mass is 271 g/mol. The average molecular weight is 271 g/mol. The summed E-state index contributed by atoms with van der Waals surface area (Å²) in [5.74, 6) is 0. The number of fused-ring (bicyclic) bond motifs is 1. The van der Waals surface area contributed by atoms with Gasteiger partial charge >= 0.3 is 0 Å². The van der Waals surface area contributed by atoms with E-state index >= 15 is 0 Å². The number of hydrogen-bond donors (Lipinski definition) is 0. The van der Waals surface area contributed by atoms with Gasteiger partial charge in [-0.2, -0.15) is 9.57 Å². The summed E-state index contributed by atoms with van der Waals surface area (Å²) >= 11 is 0. The smallest absolute Gasteiger partial charge is 0.230 e. The van der Waals surface area contributed by atoms with Gasteiger partial charge in [0.15, 0.2) is 5.25 Å². The topological polar surface area (TPSA) is 64.4 Å². The summed E-state index contributed by atoms with van der Waals surface area (Å²) in [4.78, 5) is 2.39. The van der Waals surface area contributed by atoms with Crippen molar-refractivity contribution >= 4 is 10.0 Å². The first-order valence-corrected chi connectivity index (χ1v) is 8.22. The highest BCUT2D eigenvalue weighted by molar-refractivity contribution is 7.90.